The lowest BCUT2D eigenvalue weighted by Crippen LogP contribution is -2.32. The lowest BCUT2D eigenvalue weighted by Gasteiger charge is -2.21. The number of carbonyl (C=O) groups excluding carboxylic acids is 2. The van der Waals surface area contributed by atoms with Crippen molar-refractivity contribution in [2.75, 3.05) is 26.5 Å². The largest absolute Gasteiger partial charge is 0.468 e. The van der Waals surface area contributed by atoms with Gasteiger partial charge >= 0.3 is 5.97 Å². The molecule has 0 spiro atoms. The number of hydrogen-bond acceptors (Lipinski definition) is 8. The fourth-order valence-electron chi connectivity index (χ4n) is 3.64. The number of benzene rings is 2. The van der Waals surface area contributed by atoms with E-state index in [9.17, 15) is 26.4 Å². The second-order valence-corrected chi connectivity index (χ2v) is 13.3. The minimum Gasteiger partial charge on any atom is -0.468 e. The summed E-state index contributed by atoms with van der Waals surface area (Å²) >= 11 is 1.05. The van der Waals surface area contributed by atoms with Crippen LogP contribution < -0.4 is 4.80 Å². The van der Waals surface area contributed by atoms with Crippen molar-refractivity contribution in [2.24, 2.45) is 4.99 Å². The molecule has 0 radical (unpaired) electrons. The first-order chi connectivity index (χ1) is 17.4. The molecule has 200 valence electrons. The van der Waals surface area contributed by atoms with Crippen LogP contribution in [0.5, 0.6) is 0 Å². The number of aromatic nitrogens is 1. The highest BCUT2D eigenvalue weighted by molar-refractivity contribution is 7.90. The molecule has 1 amide bonds. The summed E-state index contributed by atoms with van der Waals surface area (Å²) in [4.78, 5) is 29.5. The van der Waals surface area contributed by atoms with Crippen molar-refractivity contribution in [2.45, 2.75) is 43.0 Å². The maximum absolute atomic E-state index is 13.0. The maximum atomic E-state index is 13.0. The predicted octanol–water partition coefficient (Wildman–Crippen LogP) is 2.83. The van der Waals surface area contributed by atoms with Gasteiger partial charge in [-0.3, -0.25) is 9.59 Å². The zero-order valence-electron chi connectivity index (χ0n) is 21.0. The molecule has 0 atom stereocenters. The van der Waals surface area contributed by atoms with Gasteiger partial charge < -0.3 is 9.30 Å². The topological polar surface area (TPSA) is 132 Å². The molecule has 0 bridgehead atoms. The van der Waals surface area contributed by atoms with Crippen molar-refractivity contribution in [3.8, 4) is 0 Å². The van der Waals surface area contributed by atoms with Crippen LogP contribution >= 0.6 is 11.3 Å². The summed E-state index contributed by atoms with van der Waals surface area (Å²) in [6.45, 7) is 4.38. The summed E-state index contributed by atoms with van der Waals surface area (Å²) in [5, 5.41) is 0. The number of hydrogen-bond donors (Lipinski definition) is 0. The molecular formula is C24H29N3O7S3. The van der Waals surface area contributed by atoms with Crippen LogP contribution in [0.4, 0.5) is 0 Å². The van der Waals surface area contributed by atoms with Gasteiger partial charge in [0.15, 0.2) is 14.6 Å². The van der Waals surface area contributed by atoms with Gasteiger partial charge in [-0.15, -0.1) is 0 Å². The molecule has 37 heavy (non-hydrogen) atoms. The van der Waals surface area contributed by atoms with Crippen LogP contribution in [-0.2, 0) is 35.9 Å². The Morgan fingerprint density at radius 1 is 0.973 bits per heavy atom. The smallest absolute Gasteiger partial charge is 0.325 e. The van der Waals surface area contributed by atoms with Crippen molar-refractivity contribution < 1.29 is 31.2 Å². The standard InChI is InChI=1S/C24H29N3O7S3/c1-5-13-26(14-6-2)37(32,33)18-9-7-17(8-10-18)23(29)25-24-27(16-22(28)34-3)20-12-11-19(36(4,30)31)15-21(20)35-24/h7-12,15H,5-6,13-14,16H2,1-4H3. The fourth-order valence-corrected chi connectivity index (χ4v) is 7.05. The van der Waals surface area contributed by atoms with Gasteiger partial charge in [-0.1, -0.05) is 25.2 Å². The molecule has 0 saturated carbocycles. The lowest BCUT2D eigenvalue weighted by molar-refractivity contribution is -0.141. The van der Waals surface area contributed by atoms with E-state index in [-0.39, 0.29) is 26.7 Å². The predicted molar refractivity (Wildman–Crippen MR) is 141 cm³/mol. The number of rotatable bonds is 10. The second-order valence-electron chi connectivity index (χ2n) is 8.29. The molecule has 0 N–H and O–H groups in total. The number of amides is 1. The van der Waals surface area contributed by atoms with E-state index in [0.29, 0.717) is 36.1 Å². The zero-order valence-corrected chi connectivity index (χ0v) is 23.5. The summed E-state index contributed by atoms with van der Waals surface area (Å²) < 4.78 is 58.1. The van der Waals surface area contributed by atoms with Crippen molar-refractivity contribution >= 4 is 53.3 Å². The molecule has 0 aliphatic heterocycles. The maximum Gasteiger partial charge on any atom is 0.325 e. The molecular weight excluding hydrogens is 538 g/mol. The van der Waals surface area contributed by atoms with Gasteiger partial charge in [0.2, 0.25) is 10.0 Å². The number of ether oxygens (including phenoxy) is 1. The molecule has 3 rings (SSSR count). The third-order valence-electron chi connectivity index (χ3n) is 5.48. The third kappa shape index (κ3) is 6.53. The number of esters is 1. The zero-order chi connectivity index (χ0) is 27.4. The molecule has 2 aromatic carbocycles. The van der Waals surface area contributed by atoms with Crippen molar-refractivity contribution in [1.82, 2.24) is 8.87 Å². The number of sulfone groups is 1. The van der Waals surface area contributed by atoms with Crippen LogP contribution in [0.1, 0.15) is 37.0 Å². The number of fused-ring (bicyclic) bond motifs is 1. The number of methoxy groups -OCH3 is 1. The summed E-state index contributed by atoms with van der Waals surface area (Å²) in [7, 11) is -5.93. The number of thiazole rings is 1. The SMILES string of the molecule is CCCN(CCC)S(=O)(=O)c1ccc(C(=O)N=c2sc3cc(S(C)(=O)=O)ccc3n2CC(=O)OC)cc1. The highest BCUT2D eigenvalue weighted by atomic mass is 32.2. The van der Waals surface area contributed by atoms with Crippen LogP contribution in [0.15, 0.2) is 57.2 Å². The molecule has 0 fully saturated rings. The van der Waals surface area contributed by atoms with Crippen LogP contribution in [0.3, 0.4) is 0 Å². The molecule has 0 saturated heterocycles. The molecule has 0 unspecified atom stereocenters. The van der Waals surface area contributed by atoms with Gasteiger partial charge in [-0.25, -0.2) is 16.8 Å². The molecule has 1 aromatic heterocycles. The van der Waals surface area contributed by atoms with Crippen LogP contribution in [0, 0.1) is 0 Å². The van der Waals surface area contributed by atoms with Crippen molar-refractivity contribution in [3.05, 3.63) is 52.8 Å². The van der Waals surface area contributed by atoms with E-state index in [1.165, 1.54) is 52.4 Å². The Kier molecular flexibility index (Phi) is 9.05. The fraction of sp³-hybridized carbons (Fsp3) is 0.375. The van der Waals surface area contributed by atoms with Gasteiger partial charge in [0.05, 0.1) is 27.1 Å². The minimum absolute atomic E-state index is 0.0851. The minimum atomic E-state index is -3.69. The Balaban J connectivity index is 2.03. The van der Waals surface area contributed by atoms with E-state index < -0.39 is 31.7 Å². The molecule has 1 heterocycles. The van der Waals surface area contributed by atoms with Gasteiger partial charge in [-0.2, -0.15) is 9.30 Å². The van der Waals surface area contributed by atoms with Gasteiger partial charge in [0, 0.05) is 24.9 Å². The lowest BCUT2D eigenvalue weighted by atomic mass is 10.2. The monoisotopic (exact) mass is 567 g/mol. The Labute approximate surface area is 220 Å². The van der Waals surface area contributed by atoms with Crippen LogP contribution in [0.2, 0.25) is 0 Å². The van der Waals surface area contributed by atoms with Gasteiger partial charge in [-0.05, 0) is 55.3 Å². The number of sulfonamides is 1. The third-order valence-corrected chi connectivity index (χ3v) is 9.54. The first-order valence-corrected chi connectivity index (χ1v) is 15.7. The molecule has 0 aliphatic carbocycles. The molecule has 3 aromatic rings. The van der Waals surface area contributed by atoms with Crippen LogP contribution in [-0.4, -0.2) is 64.0 Å². The van der Waals surface area contributed by atoms with E-state index in [0.717, 1.165) is 17.6 Å². The molecule has 13 heteroatoms. The molecule has 10 nitrogen and oxygen atoms in total. The molecule has 0 aliphatic rings. The first-order valence-electron chi connectivity index (χ1n) is 11.5. The first kappa shape index (κ1) is 28.7. The number of carbonyl (C=O) groups is 2. The Hall–Kier alpha value is -2.87. The average Bonchev–Trinajstić information content (AvgIpc) is 3.19. The second kappa shape index (κ2) is 11.7. The Morgan fingerprint density at radius 3 is 2.11 bits per heavy atom. The van der Waals surface area contributed by atoms with Crippen molar-refractivity contribution in [1.29, 1.82) is 0 Å². The summed E-state index contributed by atoms with van der Waals surface area (Å²) in [5.41, 5.74) is 0.679. The summed E-state index contributed by atoms with van der Waals surface area (Å²) in [6, 6.07) is 9.98. The Morgan fingerprint density at radius 2 is 1.57 bits per heavy atom. The summed E-state index contributed by atoms with van der Waals surface area (Å²) in [5.74, 6) is -1.21. The van der Waals surface area contributed by atoms with E-state index in [2.05, 4.69) is 4.99 Å². The Bertz CT molecular complexity index is 1580. The highest BCUT2D eigenvalue weighted by Crippen LogP contribution is 2.22. The average molecular weight is 568 g/mol. The number of nitrogens with zero attached hydrogens (tertiary/aromatic N) is 3. The van der Waals surface area contributed by atoms with Gasteiger partial charge in [0.1, 0.15) is 6.54 Å². The van der Waals surface area contributed by atoms with E-state index in [1.54, 1.807) is 6.07 Å². The van der Waals surface area contributed by atoms with E-state index in [4.69, 9.17) is 4.74 Å². The van der Waals surface area contributed by atoms with E-state index in [1.807, 2.05) is 13.8 Å². The highest BCUT2D eigenvalue weighted by Gasteiger charge is 2.23. The summed E-state index contributed by atoms with van der Waals surface area (Å²) in [6.07, 6.45) is 2.45. The quantitative estimate of drug-likeness (QED) is 0.344. The van der Waals surface area contributed by atoms with E-state index >= 15 is 0 Å². The van der Waals surface area contributed by atoms with Crippen molar-refractivity contribution in [3.63, 3.8) is 0 Å². The normalized spacial score (nSPS) is 12.8. The van der Waals surface area contributed by atoms with Crippen LogP contribution in [0.25, 0.3) is 10.2 Å². The van der Waals surface area contributed by atoms with Gasteiger partial charge in [0.25, 0.3) is 5.91 Å².